The van der Waals surface area contributed by atoms with Crippen LogP contribution in [0.25, 0.3) is 0 Å². The Kier molecular flexibility index (Phi) is 8.69. The lowest BCUT2D eigenvalue weighted by Crippen LogP contribution is -2.29. The standard InChI is InChI=1S/C20H40O/c1-3-5-7-9-11-13-17-20-19(16-14-18-21-20)15-12-10-8-6-4-2/h19-20H,3-18H2,1-2H3/t19-,20+/m0/s1/i2D3,4D/t4?,19-,20+. The van der Waals surface area contributed by atoms with Gasteiger partial charge in [0.1, 0.15) is 0 Å². The van der Waals surface area contributed by atoms with Crippen molar-refractivity contribution in [2.24, 2.45) is 5.92 Å². The molecule has 126 valence electrons. The van der Waals surface area contributed by atoms with Crippen LogP contribution in [-0.2, 0) is 4.74 Å². The molecule has 0 spiro atoms. The summed E-state index contributed by atoms with van der Waals surface area (Å²) >= 11 is 0. The molecule has 3 atom stereocenters. The molecular weight excluding hydrogens is 256 g/mol. The minimum Gasteiger partial charge on any atom is -0.378 e. The van der Waals surface area contributed by atoms with Crippen molar-refractivity contribution in [3.63, 3.8) is 0 Å². The summed E-state index contributed by atoms with van der Waals surface area (Å²) in [7, 11) is 0. The van der Waals surface area contributed by atoms with Crippen LogP contribution in [0, 0.1) is 5.92 Å². The maximum atomic E-state index is 7.64. The van der Waals surface area contributed by atoms with Crippen LogP contribution >= 0.6 is 0 Å². The first kappa shape index (κ1) is 13.4. The lowest BCUT2D eigenvalue weighted by atomic mass is 9.86. The van der Waals surface area contributed by atoms with Crippen LogP contribution in [0.3, 0.4) is 0 Å². The number of hydrogen-bond acceptors (Lipinski definition) is 1. The normalized spacial score (nSPS) is 27.5. The zero-order valence-corrected chi connectivity index (χ0v) is 14.2. The zero-order chi connectivity index (χ0) is 18.5. The molecule has 21 heavy (non-hydrogen) atoms. The molecule has 0 radical (unpaired) electrons. The molecule has 1 saturated heterocycles. The van der Waals surface area contributed by atoms with E-state index in [9.17, 15) is 0 Å². The topological polar surface area (TPSA) is 9.23 Å². The third-order valence-electron chi connectivity index (χ3n) is 4.84. The maximum absolute atomic E-state index is 7.64. The van der Waals surface area contributed by atoms with Crippen LogP contribution in [0.5, 0.6) is 0 Å². The molecule has 1 fully saturated rings. The largest absolute Gasteiger partial charge is 0.378 e. The minimum atomic E-state index is -2.11. The van der Waals surface area contributed by atoms with E-state index in [0.29, 0.717) is 18.4 Å². The Morgan fingerprint density at radius 2 is 1.67 bits per heavy atom. The van der Waals surface area contributed by atoms with Crippen LogP contribution in [0.4, 0.5) is 0 Å². The van der Waals surface area contributed by atoms with Gasteiger partial charge in [-0.1, -0.05) is 84.4 Å². The Hall–Kier alpha value is -0.0400. The third kappa shape index (κ3) is 9.55. The average Bonchev–Trinajstić information content (AvgIpc) is 2.57. The summed E-state index contributed by atoms with van der Waals surface area (Å²) in [6.07, 6.45) is 16.0. The third-order valence-corrected chi connectivity index (χ3v) is 4.84. The van der Waals surface area contributed by atoms with Gasteiger partial charge in [-0.05, 0) is 31.6 Å². The number of unbranched alkanes of at least 4 members (excludes halogenated alkanes) is 7. The van der Waals surface area contributed by atoms with Crippen molar-refractivity contribution in [2.45, 2.75) is 116 Å². The second-order valence-corrected chi connectivity index (χ2v) is 6.71. The molecule has 0 aromatic carbocycles. The minimum absolute atomic E-state index is 0.450. The number of ether oxygens (including phenoxy) is 1. The molecular formula is C20H40O. The summed E-state index contributed by atoms with van der Waals surface area (Å²) in [6.45, 7) is 1.07. The number of rotatable bonds is 13. The Morgan fingerprint density at radius 1 is 0.952 bits per heavy atom. The lowest BCUT2D eigenvalue weighted by Gasteiger charge is -2.32. The molecule has 1 nitrogen and oxygen atoms in total. The van der Waals surface area contributed by atoms with E-state index in [1.807, 2.05) is 0 Å². The predicted molar refractivity (Wildman–Crippen MR) is 93.8 cm³/mol. The molecule has 1 heterocycles. The molecule has 1 unspecified atom stereocenters. The molecule has 0 saturated carbocycles. The fourth-order valence-corrected chi connectivity index (χ4v) is 3.51. The first-order valence-corrected chi connectivity index (χ1v) is 9.49. The molecule has 0 aromatic rings. The van der Waals surface area contributed by atoms with Gasteiger partial charge in [0.2, 0.25) is 0 Å². The second-order valence-electron chi connectivity index (χ2n) is 6.71. The van der Waals surface area contributed by atoms with Crippen LogP contribution in [-0.4, -0.2) is 12.7 Å². The molecule has 0 amide bonds. The summed E-state index contributed by atoms with van der Waals surface area (Å²) in [5.41, 5.74) is 0. The van der Waals surface area contributed by atoms with Gasteiger partial charge in [0.05, 0.1) is 6.10 Å². The van der Waals surface area contributed by atoms with Gasteiger partial charge in [-0.15, -0.1) is 0 Å². The van der Waals surface area contributed by atoms with Crippen LogP contribution in [0.15, 0.2) is 0 Å². The Labute approximate surface area is 139 Å². The quantitative estimate of drug-likeness (QED) is 0.336. The van der Waals surface area contributed by atoms with Crippen molar-refractivity contribution in [3.8, 4) is 0 Å². The molecule has 1 heteroatoms. The van der Waals surface area contributed by atoms with E-state index < -0.39 is 13.2 Å². The van der Waals surface area contributed by atoms with Gasteiger partial charge < -0.3 is 4.74 Å². The summed E-state index contributed by atoms with van der Waals surface area (Å²) in [6, 6.07) is 0. The van der Waals surface area contributed by atoms with E-state index in [4.69, 9.17) is 10.2 Å². The van der Waals surface area contributed by atoms with Gasteiger partial charge in [0, 0.05) is 12.1 Å². The highest BCUT2D eigenvalue weighted by atomic mass is 16.5. The highest BCUT2D eigenvalue weighted by Gasteiger charge is 2.24. The first-order valence-electron chi connectivity index (χ1n) is 11.6. The molecule has 0 N–H and O–H groups in total. The SMILES string of the molecule is [2H]C(CCCCC[C@H]1CCCO[C@@H]1CCCCCCCC)C([2H])([2H])[2H]. The Balaban J connectivity index is 2.13. The summed E-state index contributed by atoms with van der Waals surface area (Å²) in [4.78, 5) is 0. The summed E-state index contributed by atoms with van der Waals surface area (Å²) < 4.78 is 35.5. The van der Waals surface area contributed by atoms with Crippen molar-refractivity contribution < 1.29 is 10.2 Å². The van der Waals surface area contributed by atoms with Crippen LogP contribution < -0.4 is 0 Å². The molecule has 0 aromatic heterocycles. The molecule has 1 rings (SSSR count). The summed E-state index contributed by atoms with van der Waals surface area (Å²) in [5.74, 6) is 0.693. The van der Waals surface area contributed by atoms with Crippen molar-refractivity contribution in [3.05, 3.63) is 0 Å². The van der Waals surface area contributed by atoms with E-state index >= 15 is 0 Å². The highest BCUT2D eigenvalue weighted by Crippen LogP contribution is 2.29. The monoisotopic (exact) mass is 300 g/mol. The first-order chi connectivity index (χ1) is 11.9. The van der Waals surface area contributed by atoms with Crippen molar-refractivity contribution >= 4 is 0 Å². The number of hydrogen-bond donors (Lipinski definition) is 0. The zero-order valence-electron chi connectivity index (χ0n) is 18.2. The van der Waals surface area contributed by atoms with E-state index in [1.165, 1.54) is 64.2 Å². The van der Waals surface area contributed by atoms with Gasteiger partial charge in [-0.25, -0.2) is 0 Å². The van der Waals surface area contributed by atoms with E-state index in [0.717, 1.165) is 25.9 Å². The Morgan fingerprint density at radius 3 is 2.48 bits per heavy atom. The molecule has 1 aliphatic heterocycles. The van der Waals surface area contributed by atoms with Gasteiger partial charge >= 0.3 is 0 Å². The molecule has 0 bridgehead atoms. The predicted octanol–water partition coefficient (Wildman–Crippen LogP) is 6.89. The Bertz CT molecular complexity index is 319. The van der Waals surface area contributed by atoms with Gasteiger partial charge in [0.25, 0.3) is 0 Å². The smallest absolute Gasteiger partial charge is 0.0603 e. The maximum Gasteiger partial charge on any atom is 0.0603 e. The average molecular weight is 301 g/mol. The van der Waals surface area contributed by atoms with E-state index in [-0.39, 0.29) is 0 Å². The van der Waals surface area contributed by atoms with Crippen LogP contribution in [0.2, 0.25) is 0 Å². The second kappa shape index (κ2) is 13.6. The van der Waals surface area contributed by atoms with Gasteiger partial charge in [0.15, 0.2) is 0 Å². The highest BCUT2D eigenvalue weighted by molar-refractivity contribution is 4.75. The van der Waals surface area contributed by atoms with Crippen LogP contribution in [0.1, 0.15) is 116 Å². The molecule has 0 aliphatic carbocycles. The van der Waals surface area contributed by atoms with Gasteiger partial charge in [-0.2, -0.15) is 0 Å². The van der Waals surface area contributed by atoms with Crippen molar-refractivity contribution in [2.75, 3.05) is 6.61 Å². The van der Waals surface area contributed by atoms with Crippen molar-refractivity contribution in [1.29, 1.82) is 0 Å². The van der Waals surface area contributed by atoms with E-state index in [2.05, 4.69) is 6.92 Å². The molecule has 1 aliphatic rings. The lowest BCUT2D eigenvalue weighted by molar-refractivity contribution is -0.0352. The fourth-order valence-electron chi connectivity index (χ4n) is 3.51. The summed E-state index contributed by atoms with van der Waals surface area (Å²) in [5, 5.41) is 0. The fraction of sp³-hybridized carbons (Fsp3) is 1.00. The van der Waals surface area contributed by atoms with Crippen molar-refractivity contribution in [1.82, 2.24) is 0 Å². The van der Waals surface area contributed by atoms with Gasteiger partial charge in [-0.3, -0.25) is 0 Å². The van der Waals surface area contributed by atoms with E-state index in [1.54, 1.807) is 0 Å².